The summed E-state index contributed by atoms with van der Waals surface area (Å²) in [4.78, 5) is 28.9. The molecule has 1 aliphatic rings. The average Bonchev–Trinajstić information content (AvgIpc) is 3.22. The van der Waals surface area contributed by atoms with E-state index in [-0.39, 0.29) is 5.91 Å². The Labute approximate surface area is 174 Å². The third-order valence-corrected chi connectivity index (χ3v) is 6.10. The molecule has 4 rings (SSSR count). The number of nitrogens with zero attached hydrogens (tertiary/aromatic N) is 4. The number of thiazole rings is 1. The van der Waals surface area contributed by atoms with Crippen molar-refractivity contribution in [2.75, 3.05) is 25.4 Å². The number of aromatic nitrogens is 3. The van der Waals surface area contributed by atoms with Crippen LogP contribution in [0, 0.1) is 5.92 Å². The second-order valence-electron chi connectivity index (χ2n) is 7.25. The van der Waals surface area contributed by atoms with Gasteiger partial charge < -0.3 is 11.1 Å². The molecule has 7 nitrogen and oxygen atoms in total. The summed E-state index contributed by atoms with van der Waals surface area (Å²) < 4.78 is 0. The second kappa shape index (κ2) is 9.11. The average molecular weight is 409 g/mol. The van der Waals surface area contributed by atoms with E-state index in [0.717, 1.165) is 43.2 Å². The van der Waals surface area contributed by atoms with E-state index in [4.69, 9.17) is 5.73 Å². The highest BCUT2D eigenvalue weighted by Crippen LogP contribution is 2.25. The zero-order valence-corrected chi connectivity index (χ0v) is 16.9. The van der Waals surface area contributed by atoms with Crippen LogP contribution in [0.25, 0.3) is 10.7 Å². The largest absolute Gasteiger partial charge is 0.399 e. The molecular formula is C21H24N6OS. The number of piperidine rings is 1. The molecule has 1 saturated heterocycles. The first-order valence-corrected chi connectivity index (χ1v) is 10.6. The number of nitrogens with two attached hydrogens (primary N) is 1. The summed E-state index contributed by atoms with van der Waals surface area (Å²) >= 11 is 1.70. The summed E-state index contributed by atoms with van der Waals surface area (Å²) in [6.07, 6.45) is 7.44. The van der Waals surface area contributed by atoms with Crippen LogP contribution in [-0.4, -0.2) is 45.4 Å². The Morgan fingerprint density at radius 1 is 1.17 bits per heavy atom. The molecule has 0 aromatic carbocycles. The quantitative estimate of drug-likeness (QED) is 0.651. The third-order valence-electron chi connectivity index (χ3n) is 5.09. The van der Waals surface area contributed by atoms with Crippen LogP contribution < -0.4 is 11.1 Å². The third kappa shape index (κ3) is 5.16. The van der Waals surface area contributed by atoms with Gasteiger partial charge in [-0.1, -0.05) is 6.07 Å². The molecule has 29 heavy (non-hydrogen) atoms. The van der Waals surface area contributed by atoms with E-state index in [0.29, 0.717) is 23.8 Å². The van der Waals surface area contributed by atoms with Crippen molar-refractivity contribution in [2.24, 2.45) is 5.92 Å². The van der Waals surface area contributed by atoms with Gasteiger partial charge in [0.2, 0.25) is 0 Å². The number of anilines is 1. The Kier molecular flexibility index (Phi) is 6.12. The van der Waals surface area contributed by atoms with Crippen LogP contribution in [-0.2, 0) is 6.54 Å². The van der Waals surface area contributed by atoms with Gasteiger partial charge in [-0.15, -0.1) is 11.3 Å². The highest BCUT2D eigenvalue weighted by atomic mass is 32.1. The van der Waals surface area contributed by atoms with Crippen LogP contribution in [0.1, 0.15) is 28.2 Å². The van der Waals surface area contributed by atoms with Crippen LogP contribution >= 0.6 is 11.3 Å². The van der Waals surface area contributed by atoms with Crippen LogP contribution in [0.5, 0.6) is 0 Å². The Morgan fingerprint density at radius 3 is 2.79 bits per heavy atom. The maximum atomic E-state index is 12.2. The van der Waals surface area contributed by atoms with E-state index in [2.05, 4.69) is 25.2 Å². The number of pyridine rings is 2. The van der Waals surface area contributed by atoms with E-state index >= 15 is 0 Å². The summed E-state index contributed by atoms with van der Waals surface area (Å²) in [5, 5.41) is 3.96. The zero-order valence-electron chi connectivity index (χ0n) is 16.1. The van der Waals surface area contributed by atoms with E-state index in [9.17, 15) is 4.79 Å². The van der Waals surface area contributed by atoms with Gasteiger partial charge in [-0.3, -0.25) is 19.7 Å². The summed E-state index contributed by atoms with van der Waals surface area (Å²) in [5.41, 5.74) is 7.56. The Balaban J connectivity index is 1.23. The molecular weight excluding hydrogens is 384 g/mol. The highest BCUT2D eigenvalue weighted by molar-refractivity contribution is 7.14. The van der Waals surface area contributed by atoms with Crippen LogP contribution in [0.15, 0.2) is 48.9 Å². The topological polar surface area (TPSA) is 97.0 Å². The van der Waals surface area contributed by atoms with Crippen molar-refractivity contribution in [3.63, 3.8) is 0 Å². The van der Waals surface area contributed by atoms with Crippen molar-refractivity contribution in [1.82, 2.24) is 25.2 Å². The minimum atomic E-state index is -0.161. The predicted molar refractivity (Wildman–Crippen MR) is 114 cm³/mol. The molecule has 1 aliphatic heterocycles. The lowest BCUT2D eigenvalue weighted by atomic mass is 9.96. The molecule has 0 saturated carbocycles. The monoisotopic (exact) mass is 408 g/mol. The summed E-state index contributed by atoms with van der Waals surface area (Å²) in [6, 6.07) is 9.16. The summed E-state index contributed by atoms with van der Waals surface area (Å²) in [7, 11) is 0. The van der Waals surface area contributed by atoms with Gasteiger partial charge in [-0.05, 0) is 56.1 Å². The number of amides is 1. The molecule has 0 radical (unpaired) electrons. The van der Waals surface area contributed by atoms with Gasteiger partial charge >= 0.3 is 0 Å². The Hall–Kier alpha value is -2.84. The molecule has 0 bridgehead atoms. The van der Waals surface area contributed by atoms with Gasteiger partial charge in [0.15, 0.2) is 0 Å². The fourth-order valence-corrected chi connectivity index (χ4v) is 4.39. The number of carbonyl (C=O) groups is 1. The molecule has 3 N–H and O–H groups in total. The van der Waals surface area contributed by atoms with Crippen molar-refractivity contribution in [2.45, 2.75) is 19.4 Å². The lowest BCUT2D eigenvalue weighted by Crippen LogP contribution is -2.38. The standard InChI is InChI=1S/C21H24N6OS/c22-16-4-8-24-19(11-16)20(28)25-12-15-5-9-27(10-6-15)14-17-13-26-21(29-17)18-3-1-2-7-23-18/h1-4,7-8,11,13,15H,5-6,9-10,12,14H2,(H2,22,24)(H,25,28). The van der Waals surface area contributed by atoms with Crippen molar-refractivity contribution < 1.29 is 4.79 Å². The fraction of sp³-hybridized carbons (Fsp3) is 0.333. The number of nitrogens with one attached hydrogen (secondary N) is 1. The van der Waals surface area contributed by atoms with Gasteiger partial charge in [0.25, 0.3) is 5.91 Å². The molecule has 3 aromatic heterocycles. The number of hydrogen-bond acceptors (Lipinski definition) is 7. The van der Waals surface area contributed by atoms with E-state index in [1.807, 2.05) is 24.4 Å². The predicted octanol–water partition coefficient (Wildman–Crippen LogP) is 2.82. The molecule has 1 fully saturated rings. The van der Waals surface area contributed by atoms with Crippen LogP contribution in [0.4, 0.5) is 5.69 Å². The highest BCUT2D eigenvalue weighted by Gasteiger charge is 2.21. The molecule has 1 amide bonds. The molecule has 0 atom stereocenters. The van der Waals surface area contributed by atoms with E-state index in [1.54, 1.807) is 35.9 Å². The van der Waals surface area contributed by atoms with Crippen molar-refractivity contribution in [3.05, 3.63) is 59.5 Å². The molecule has 0 unspecified atom stereocenters. The normalized spacial score (nSPS) is 15.3. The second-order valence-corrected chi connectivity index (χ2v) is 8.37. The van der Waals surface area contributed by atoms with Gasteiger partial charge in [0.05, 0.1) is 5.69 Å². The minimum absolute atomic E-state index is 0.161. The maximum absolute atomic E-state index is 12.2. The molecule has 0 aliphatic carbocycles. The fourth-order valence-electron chi connectivity index (χ4n) is 3.46. The number of rotatable bonds is 6. The molecule has 3 aromatic rings. The summed E-state index contributed by atoms with van der Waals surface area (Å²) in [6.45, 7) is 3.63. The van der Waals surface area contributed by atoms with Gasteiger partial charge in [-0.2, -0.15) is 0 Å². The van der Waals surface area contributed by atoms with Crippen LogP contribution in [0.2, 0.25) is 0 Å². The molecule has 0 spiro atoms. The Bertz CT molecular complexity index is 953. The molecule has 8 heteroatoms. The lowest BCUT2D eigenvalue weighted by Gasteiger charge is -2.31. The number of hydrogen-bond donors (Lipinski definition) is 2. The van der Waals surface area contributed by atoms with Crippen molar-refractivity contribution in [1.29, 1.82) is 0 Å². The SMILES string of the molecule is Nc1ccnc(C(=O)NCC2CCN(Cc3cnc(-c4ccccn4)s3)CC2)c1. The lowest BCUT2D eigenvalue weighted by molar-refractivity contribution is 0.0930. The number of carbonyl (C=O) groups excluding carboxylic acids is 1. The van der Waals surface area contributed by atoms with Crippen molar-refractivity contribution >= 4 is 22.9 Å². The first-order chi connectivity index (χ1) is 14.2. The molecule has 4 heterocycles. The van der Waals surface area contributed by atoms with Gasteiger partial charge in [0, 0.05) is 42.2 Å². The number of likely N-dealkylation sites (tertiary alicyclic amines) is 1. The zero-order chi connectivity index (χ0) is 20.1. The smallest absolute Gasteiger partial charge is 0.269 e. The minimum Gasteiger partial charge on any atom is -0.399 e. The van der Waals surface area contributed by atoms with Gasteiger partial charge in [0.1, 0.15) is 10.7 Å². The van der Waals surface area contributed by atoms with E-state index in [1.165, 1.54) is 4.88 Å². The Morgan fingerprint density at radius 2 is 2.03 bits per heavy atom. The maximum Gasteiger partial charge on any atom is 0.269 e. The molecule has 150 valence electrons. The first-order valence-electron chi connectivity index (χ1n) is 9.75. The van der Waals surface area contributed by atoms with Crippen molar-refractivity contribution in [3.8, 4) is 10.7 Å². The van der Waals surface area contributed by atoms with Gasteiger partial charge in [-0.25, -0.2) is 4.98 Å². The van der Waals surface area contributed by atoms with Crippen LogP contribution in [0.3, 0.4) is 0 Å². The van der Waals surface area contributed by atoms with E-state index < -0.39 is 0 Å². The number of nitrogen functional groups attached to an aromatic ring is 1. The first kappa shape index (κ1) is 19.5. The summed E-state index contributed by atoms with van der Waals surface area (Å²) in [5.74, 6) is 0.327.